The number of aromatic nitrogens is 2. The summed E-state index contributed by atoms with van der Waals surface area (Å²) in [6, 6.07) is 18.3. The summed E-state index contributed by atoms with van der Waals surface area (Å²) in [6.07, 6.45) is 8.01. The van der Waals surface area contributed by atoms with E-state index in [9.17, 15) is 0 Å². The number of methoxy groups -OCH3 is 1. The van der Waals surface area contributed by atoms with Gasteiger partial charge in [0.1, 0.15) is 5.60 Å². The van der Waals surface area contributed by atoms with Crippen LogP contribution in [0.25, 0.3) is 0 Å². The Balaban J connectivity index is 2.13. The van der Waals surface area contributed by atoms with Crippen LogP contribution in [0.3, 0.4) is 0 Å². The molecule has 0 amide bonds. The van der Waals surface area contributed by atoms with Crippen LogP contribution in [0.1, 0.15) is 16.7 Å². The second-order valence-corrected chi connectivity index (χ2v) is 5.18. The molecular weight excluding hydrogens is 272 g/mol. The Bertz CT molecular complexity index is 660. The molecule has 1 aromatic carbocycles. The van der Waals surface area contributed by atoms with Crippen molar-refractivity contribution in [2.75, 3.05) is 7.11 Å². The summed E-state index contributed by atoms with van der Waals surface area (Å²) in [5.41, 5.74) is 2.69. The highest BCUT2D eigenvalue weighted by atomic mass is 16.5. The summed E-state index contributed by atoms with van der Waals surface area (Å²) in [5, 5.41) is 0. The maximum absolute atomic E-state index is 6.05. The van der Waals surface area contributed by atoms with E-state index in [2.05, 4.69) is 34.2 Å². The summed E-state index contributed by atoms with van der Waals surface area (Å²) < 4.78 is 6.05. The van der Waals surface area contributed by atoms with Crippen molar-refractivity contribution in [1.29, 1.82) is 0 Å². The molecule has 0 radical (unpaired) electrons. The second kappa shape index (κ2) is 6.50. The molecule has 3 aromatic rings. The van der Waals surface area contributed by atoms with Gasteiger partial charge in [-0.2, -0.15) is 0 Å². The molecule has 110 valence electrons. The molecule has 2 aromatic heterocycles. The number of ether oxygens (including phenoxy) is 1. The Morgan fingerprint density at radius 2 is 1.50 bits per heavy atom. The number of benzene rings is 1. The van der Waals surface area contributed by atoms with Crippen LogP contribution in [0.2, 0.25) is 0 Å². The molecule has 3 nitrogen and oxygen atoms in total. The third-order valence-electron chi connectivity index (χ3n) is 3.89. The molecule has 0 spiro atoms. The third-order valence-corrected chi connectivity index (χ3v) is 3.89. The van der Waals surface area contributed by atoms with Crippen molar-refractivity contribution in [3.05, 3.63) is 96.1 Å². The molecular formula is C19H18N2O. The standard InChI is InChI=1S/C19H18N2O/c1-22-19(17-8-3-2-4-9-17,18-10-6-12-21-15-18)13-16-7-5-11-20-14-16/h2-12,14-15H,13H2,1H3. The first-order valence-corrected chi connectivity index (χ1v) is 7.25. The lowest BCUT2D eigenvalue weighted by Gasteiger charge is -2.33. The van der Waals surface area contributed by atoms with Crippen molar-refractivity contribution in [2.45, 2.75) is 12.0 Å². The van der Waals surface area contributed by atoms with Crippen molar-refractivity contribution in [1.82, 2.24) is 9.97 Å². The summed E-state index contributed by atoms with van der Waals surface area (Å²) in [7, 11) is 1.75. The Morgan fingerprint density at radius 3 is 2.09 bits per heavy atom. The Hall–Kier alpha value is -2.52. The molecule has 0 N–H and O–H groups in total. The number of pyridine rings is 2. The van der Waals surface area contributed by atoms with Gasteiger partial charge in [-0.05, 0) is 23.3 Å². The van der Waals surface area contributed by atoms with Crippen molar-refractivity contribution in [3.8, 4) is 0 Å². The highest BCUT2D eigenvalue weighted by Gasteiger charge is 2.34. The van der Waals surface area contributed by atoms with Crippen LogP contribution in [0.5, 0.6) is 0 Å². The van der Waals surface area contributed by atoms with Crippen LogP contribution in [-0.2, 0) is 16.8 Å². The Labute approximate surface area is 130 Å². The maximum Gasteiger partial charge on any atom is 0.123 e. The van der Waals surface area contributed by atoms with Gasteiger partial charge in [0.15, 0.2) is 0 Å². The van der Waals surface area contributed by atoms with Gasteiger partial charge in [0.25, 0.3) is 0 Å². The van der Waals surface area contributed by atoms with Gasteiger partial charge in [-0.3, -0.25) is 9.97 Å². The second-order valence-electron chi connectivity index (χ2n) is 5.18. The van der Waals surface area contributed by atoms with Gasteiger partial charge in [-0.15, -0.1) is 0 Å². The minimum Gasteiger partial charge on any atom is -0.368 e. The molecule has 0 bridgehead atoms. The van der Waals surface area contributed by atoms with E-state index in [1.807, 2.05) is 42.7 Å². The van der Waals surface area contributed by atoms with Gasteiger partial charge in [0.05, 0.1) is 0 Å². The molecule has 0 saturated carbocycles. The normalized spacial score (nSPS) is 13.5. The van der Waals surface area contributed by atoms with Gasteiger partial charge in [0.2, 0.25) is 0 Å². The summed E-state index contributed by atoms with van der Waals surface area (Å²) in [5.74, 6) is 0. The van der Waals surface area contributed by atoms with Gasteiger partial charge in [-0.25, -0.2) is 0 Å². The number of nitrogens with zero attached hydrogens (tertiary/aromatic N) is 2. The number of rotatable bonds is 5. The molecule has 0 fully saturated rings. The fourth-order valence-corrected chi connectivity index (χ4v) is 2.78. The van der Waals surface area contributed by atoms with Crippen molar-refractivity contribution in [3.63, 3.8) is 0 Å². The van der Waals surface area contributed by atoms with Gasteiger partial charge in [0, 0.05) is 43.9 Å². The summed E-state index contributed by atoms with van der Waals surface area (Å²) >= 11 is 0. The Morgan fingerprint density at radius 1 is 0.818 bits per heavy atom. The molecule has 1 unspecified atom stereocenters. The maximum atomic E-state index is 6.05. The topological polar surface area (TPSA) is 35.0 Å². The smallest absolute Gasteiger partial charge is 0.123 e. The molecule has 0 saturated heterocycles. The molecule has 3 heteroatoms. The van der Waals surface area contributed by atoms with Gasteiger partial charge in [-0.1, -0.05) is 42.5 Å². The molecule has 22 heavy (non-hydrogen) atoms. The van der Waals surface area contributed by atoms with E-state index in [-0.39, 0.29) is 0 Å². The van der Waals surface area contributed by atoms with Crippen LogP contribution in [0, 0.1) is 0 Å². The number of hydrogen-bond donors (Lipinski definition) is 0. The van der Waals surface area contributed by atoms with Gasteiger partial charge >= 0.3 is 0 Å². The largest absolute Gasteiger partial charge is 0.368 e. The van der Waals surface area contributed by atoms with Crippen LogP contribution >= 0.6 is 0 Å². The van der Waals surface area contributed by atoms with E-state index in [1.54, 1.807) is 19.5 Å². The SMILES string of the molecule is COC(Cc1cccnc1)(c1ccccc1)c1cccnc1. The van der Waals surface area contributed by atoms with E-state index in [0.29, 0.717) is 6.42 Å². The third kappa shape index (κ3) is 2.76. The monoisotopic (exact) mass is 290 g/mol. The predicted octanol–water partition coefficient (Wildman–Crippen LogP) is 3.61. The lowest BCUT2D eigenvalue weighted by atomic mass is 9.82. The lowest BCUT2D eigenvalue weighted by Crippen LogP contribution is -2.33. The molecule has 3 rings (SSSR count). The fourth-order valence-electron chi connectivity index (χ4n) is 2.78. The zero-order valence-corrected chi connectivity index (χ0v) is 12.5. The van der Waals surface area contributed by atoms with Crippen LogP contribution in [-0.4, -0.2) is 17.1 Å². The van der Waals surface area contributed by atoms with E-state index >= 15 is 0 Å². The van der Waals surface area contributed by atoms with E-state index in [0.717, 1.165) is 16.7 Å². The lowest BCUT2D eigenvalue weighted by molar-refractivity contribution is 0.0219. The number of hydrogen-bond acceptors (Lipinski definition) is 3. The molecule has 0 aliphatic heterocycles. The minimum atomic E-state index is -0.571. The summed E-state index contributed by atoms with van der Waals surface area (Å²) in [4.78, 5) is 8.49. The first-order valence-electron chi connectivity index (χ1n) is 7.25. The van der Waals surface area contributed by atoms with Crippen LogP contribution in [0.4, 0.5) is 0 Å². The van der Waals surface area contributed by atoms with E-state index < -0.39 is 5.60 Å². The Kier molecular flexibility index (Phi) is 4.26. The quantitative estimate of drug-likeness (QED) is 0.720. The van der Waals surface area contributed by atoms with Crippen molar-refractivity contribution in [2.24, 2.45) is 0 Å². The predicted molar refractivity (Wildman–Crippen MR) is 86.4 cm³/mol. The average molecular weight is 290 g/mol. The summed E-state index contributed by atoms with van der Waals surface area (Å²) in [6.45, 7) is 0. The highest BCUT2D eigenvalue weighted by molar-refractivity contribution is 5.37. The van der Waals surface area contributed by atoms with Crippen molar-refractivity contribution >= 4 is 0 Å². The molecule has 0 aliphatic rings. The van der Waals surface area contributed by atoms with Crippen LogP contribution in [0.15, 0.2) is 79.4 Å². The van der Waals surface area contributed by atoms with Crippen molar-refractivity contribution < 1.29 is 4.74 Å². The first kappa shape index (κ1) is 14.4. The molecule has 0 aliphatic carbocycles. The highest BCUT2D eigenvalue weighted by Crippen LogP contribution is 2.36. The molecule has 1 atom stereocenters. The zero-order valence-electron chi connectivity index (χ0n) is 12.5. The van der Waals surface area contributed by atoms with Crippen LogP contribution < -0.4 is 0 Å². The van der Waals surface area contributed by atoms with Gasteiger partial charge < -0.3 is 4.74 Å². The van der Waals surface area contributed by atoms with E-state index in [1.165, 1.54) is 0 Å². The average Bonchev–Trinajstić information content (AvgIpc) is 2.62. The minimum absolute atomic E-state index is 0.571. The fraction of sp³-hybridized carbons (Fsp3) is 0.158. The van der Waals surface area contributed by atoms with E-state index in [4.69, 9.17) is 4.74 Å². The molecule has 2 heterocycles. The first-order chi connectivity index (χ1) is 10.8. The zero-order chi connectivity index (χ0) is 15.3.